The molecule has 4 rings (SSSR count). The van der Waals surface area contributed by atoms with Crippen molar-refractivity contribution in [2.75, 3.05) is 39.2 Å². The molecule has 192 valence electrons. The first-order valence-corrected chi connectivity index (χ1v) is 12.5. The Kier molecular flexibility index (Phi) is 7.64. The number of aryl methyl sites for hydroxylation is 1. The molecular weight excluding hydrogens is 460 g/mol. The van der Waals surface area contributed by atoms with Gasteiger partial charge in [-0.15, -0.1) is 0 Å². The fourth-order valence-electron chi connectivity index (χ4n) is 5.68. The number of likely N-dealkylation sites (tertiary alicyclic amines) is 1. The van der Waals surface area contributed by atoms with E-state index >= 15 is 0 Å². The minimum atomic E-state index is -0.734. The molecule has 0 bridgehead atoms. The SMILES string of the molecule is COC(=O)c1cc(OC)cc(C)c1NC(=O)C1([N+]2(CC(=O)OCc3ccccc3)CCCC2)CCC1. The third-order valence-electron chi connectivity index (χ3n) is 7.80. The minimum Gasteiger partial charge on any atom is -0.497 e. The van der Waals surface area contributed by atoms with Crippen molar-refractivity contribution in [2.45, 2.75) is 51.2 Å². The van der Waals surface area contributed by atoms with Crippen molar-refractivity contribution in [1.29, 1.82) is 0 Å². The fraction of sp³-hybridized carbons (Fsp3) is 0.464. The van der Waals surface area contributed by atoms with Crippen molar-refractivity contribution in [1.82, 2.24) is 0 Å². The fourth-order valence-corrected chi connectivity index (χ4v) is 5.68. The molecule has 1 N–H and O–H groups in total. The first kappa shape index (κ1) is 25.7. The van der Waals surface area contributed by atoms with Gasteiger partial charge in [0.25, 0.3) is 5.91 Å². The predicted octanol–water partition coefficient (Wildman–Crippen LogP) is 4.01. The van der Waals surface area contributed by atoms with Gasteiger partial charge in [-0.25, -0.2) is 9.59 Å². The van der Waals surface area contributed by atoms with E-state index in [-0.39, 0.29) is 30.6 Å². The second-order valence-electron chi connectivity index (χ2n) is 9.80. The number of hydrogen-bond donors (Lipinski definition) is 1. The highest BCUT2D eigenvalue weighted by atomic mass is 16.5. The molecule has 8 nitrogen and oxygen atoms in total. The molecule has 1 amide bonds. The van der Waals surface area contributed by atoms with E-state index in [1.807, 2.05) is 37.3 Å². The Morgan fingerprint density at radius 2 is 1.69 bits per heavy atom. The van der Waals surface area contributed by atoms with Crippen molar-refractivity contribution < 1.29 is 33.1 Å². The van der Waals surface area contributed by atoms with Crippen LogP contribution >= 0.6 is 0 Å². The van der Waals surface area contributed by atoms with Gasteiger partial charge >= 0.3 is 11.9 Å². The molecule has 1 saturated heterocycles. The summed E-state index contributed by atoms with van der Waals surface area (Å²) in [6.45, 7) is 3.69. The van der Waals surface area contributed by atoms with E-state index in [1.165, 1.54) is 14.2 Å². The molecule has 2 aliphatic rings. The molecule has 0 aromatic heterocycles. The van der Waals surface area contributed by atoms with Crippen LogP contribution in [0.25, 0.3) is 0 Å². The zero-order valence-corrected chi connectivity index (χ0v) is 21.3. The normalized spacial score (nSPS) is 17.5. The number of amides is 1. The van der Waals surface area contributed by atoms with Crippen molar-refractivity contribution in [3.05, 3.63) is 59.2 Å². The molecular formula is C28H35N2O6+. The van der Waals surface area contributed by atoms with Crippen molar-refractivity contribution in [3.63, 3.8) is 0 Å². The third-order valence-corrected chi connectivity index (χ3v) is 7.80. The second-order valence-corrected chi connectivity index (χ2v) is 9.80. The lowest BCUT2D eigenvalue weighted by Gasteiger charge is -2.54. The van der Waals surface area contributed by atoms with Crippen LogP contribution < -0.4 is 10.1 Å². The molecule has 2 aromatic carbocycles. The first-order chi connectivity index (χ1) is 17.3. The summed E-state index contributed by atoms with van der Waals surface area (Å²) in [5, 5.41) is 3.06. The van der Waals surface area contributed by atoms with Gasteiger partial charge in [0.2, 0.25) is 0 Å². The Morgan fingerprint density at radius 1 is 1.00 bits per heavy atom. The highest BCUT2D eigenvalue weighted by Gasteiger charge is 2.62. The van der Waals surface area contributed by atoms with Crippen LogP contribution in [0.5, 0.6) is 5.75 Å². The van der Waals surface area contributed by atoms with Gasteiger partial charge in [0.05, 0.1) is 38.6 Å². The maximum absolute atomic E-state index is 14.0. The number of anilines is 1. The van der Waals surface area contributed by atoms with E-state index in [4.69, 9.17) is 14.2 Å². The third kappa shape index (κ3) is 4.82. The van der Waals surface area contributed by atoms with Gasteiger partial charge in [-0.2, -0.15) is 0 Å². The van der Waals surface area contributed by atoms with E-state index in [0.717, 1.165) is 37.9 Å². The number of esters is 2. The van der Waals surface area contributed by atoms with E-state index in [9.17, 15) is 14.4 Å². The molecule has 1 heterocycles. The number of nitrogens with zero attached hydrogens (tertiary/aromatic N) is 1. The van der Waals surface area contributed by atoms with Crippen LogP contribution in [0.15, 0.2) is 42.5 Å². The highest BCUT2D eigenvalue weighted by Crippen LogP contribution is 2.47. The van der Waals surface area contributed by atoms with Gasteiger partial charge in [-0.05, 0) is 36.6 Å². The Morgan fingerprint density at radius 3 is 2.28 bits per heavy atom. The summed E-state index contributed by atoms with van der Waals surface area (Å²) in [5.41, 5.74) is 1.56. The first-order valence-electron chi connectivity index (χ1n) is 12.5. The number of carbonyl (C=O) groups excluding carboxylic acids is 3. The summed E-state index contributed by atoms with van der Waals surface area (Å²) in [6, 6.07) is 12.9. The quantitative estimate of drug-likeness (QED) is 0.418. The molecule has 2 fully saturated rings. The number of rotatable bonds is 9. The van der Waals surface area contributed by atoms with Gasteiger partial charge < -0.3 is 24.0 Å². The molecule has 1 aliphatic heterocycles. The number of carbonyl (C=O) groups is 3. The van der Waals surface area contributed by atoms with E-state index in [2.05, 4.69) is 5.32 Å². The minimum absolute atomic E-state index is 0.158. The monoisotopic (exact) mass is 495 g/mol. The van der Waals surface area contributed by atoms with Crippen molar-refractivity contribution >= 4 is 23.5 Å². The van der Waals surface area contributed by atoms with Crippen LogP contribution in [0.1, 0.15) is 53.6 Å². The van der Waals surface area contributed by atoms with Crippen LogP contribution in [0, 0.1) is 6.92 Å². The molecule has 0 radical (unpaired) electrons. The summed E-state index contributed by atoms with van der Waals surface area (Å²) < 4.78 is 16.3. The Hall–Kier alpha value is -3.39. The molecule has 0 atom stereocenters. The number of benzene rings is 2. The van der Waals surface area contributed by atoms with Crippen LogP contribution in [0.2, 0.25) is 0 Å². The standard InChI is InChI=1S/C28H34N2O6/c1-20-16-22(34-2)17-23(26(32)35-3)25(20)29-27(33)28(12-9-13-28)30(14-7-8-15-30)18-24(31)36-19-21-10-5-4-6-11-21/h4-6,10-11,16-17H,7-9,12-15,18-19H2,1-3H3/p+1. The number of ether oxygens (including phenoxy) is 3. The number of nitrogens with one attached hydrogen (secondary N) is 1. The van der Waals surface area contributed by atoms with E-state index < -0.39 is 11.5 Å². The molecule has 1 aliphatic carbocycles. The van der Waals surface area contributed by atoms with Crippen LogP contribution in [-0.2, 0) is 25.7 Å². The van der Waals surface area contributed by atoms with Crippen molar-refractivity contribution in [2.24, 2.45) is 0 Å². The lowest BCUT2D eigenvalue weighted by molar-refractivity contribution is -0.955. The zero-order chi connectivity index (χ0) is 25.8. The summed E-state index contributed by atoms with van der Waals surface area (Å²) in [6.07, 6.45) is 4.20. The number of methoxy groups -OCH3 is 2. The average Bonchev–Trinajstić information content (AvgIpc) is 3.32. The zero-order valence-electron chi connectivity index (χ0n) is 21.3. The molecule has 36 heavy (non-hydrogen) atoms. The second kappa shape index (κ2) is 10.7. The smallest absolute Gasteiger partial charge is 0.362 e. The van der Waals surface area contributed by atoms with Crippen molar-refractivity contribution in [3.8, 4) is 5.75 Å². The van der Waals surface area contributed by atoms with Gasteiger partial charge in [-0.1, -0.05) is 30.3 Å². The maximum Gasteiger partial charge on any atom is 0.362 e. The van der Waals surface area contributed by atoms with Gasteiger partial charge in [0, 0.05) is 25.7 Å². The molecule has 1 saturated carbocycles. The molecule has 0 spiro atoms. The Labute approximate surface area is 212 Å². The van der Waals surface area contributed by atoms with Gasteiger partial charge in [0.15, 0.2) is 12.1 Å². The van der Waals surface area contributed by atoms with E-state index in [1.54, 1.807) is 12.1 Å². The Bertz CT molecular complexity index is 1120. The summed E-state index contributed by atoms with van der Waals surface area (Å²) >= 11 is 0. The summed E-state index contributed by atoms with van der Waals surface area (Å²) in [4.78, 5) is 39.5. The average molecular weight is 496 g/mol. The predicted molar refractivity (Wildman–Crippen MR) is 135 cm³/mol. The topological polar surface area (TPSA) is 90.9 Å². The maximum atomic E-state index is 14.0. The summed E-state index contributed by atoms with van der Waals surface area (Å²) in [7, 11) is 2.83. The Balaban J connectivity index is 1.58. The highest BCUT2D eigenvalue weighted by molar-refractivity contribution is 6.05. The lowest BCUT2D eigenvalue weighted by atomic mass is 9.72. The van der Waals surface area contributed by atoms with Gasteiger partial charge in [0.1, 0.15) is 12.4 Å². The van der Waals surface area contributed by atoms with Crippen LogP contribution in [0.4, 0.5) is 5.69 Å². The number of hydrogen-bond acceptors (Lipinski definition) is 6. The number of quaternary nitrogens is 1. The van der Waals surface area contributed by atoms with Crippen LogP contribution in [0.3, 0.4) is 0 Å². The molecule has 8 heteroatoms. The molecule has 0 unspecified atom stereocenters. The van der Waals surface area contributed by atoms with E-state index in [0.29, 0.717) is 34.3 Å². The lowest BCUT2D eigenvalue weighted by Crippen LogP contribution is -2.72. The van der Waals surface area contributed by atoms with Gasteiger partial charge in [-0.3, -0.25) is 4.79 Å². The largest absolute Gasteiger partial charge is 0.497 e. The summed E-state index contributed by atoms with van der Waals surface area (Å²) in [5.74, 6) is -0.501. The molecule has 2 aromatic rings. The van der Waals surface area contributed by atoms with Crippen LogP contribution in [-0.4, -0.2) is 61.7 Å².